The molecule has 1 N–H and O–H groups in total. The summed E-state index contributed by atoms with van der Waals surface area (Å²) in [5.41, 5.74) is 0.665. The molecule has 102 valence electrons. The number of amides is 1. The van der Waals surface area contributed by atoms with Crippen LogP contribution in [0.1, 0.15) is 18.9 Å². The summed E-state index contributed by atoms with van der Waals surface area (Å²) in [4.78, 5) is 13.7. The number of carbonyl (C=O) groups is 1. The maximum atomic E-state index is 13.0. The van der Waals surface area contributed by atoms with Crippen LogP contribution >= 0.6 is 0 Å². The Morgan fingerprint density at radius 2 is 2.32 bits per heavy atom. The molecule has 4 heteroatoms. The van der Waals surface area contributed by atoms with Gasteiger partial charge in [0.2, 0.25) is 5.91 Å². The maximum absolute atomic E-state index is 13.0. The molecule has 1 amide bonds. The van der Waals surface area contributed by atoms with Crippen molar-refractivity contribution in [2.75, 3.05) is 13.1 Å². The molecule has 1 aliphatic rings. The topological polar surface area (TPSA) is 40.5 Å². The summed E-state index contributed by atoms with van der Waals surface area (Å²) in [6.45, 7) is 3.06. The van der Waals surface area contributed by atoms with Crippen molar-refractivity contribution < 1.29 is 14.3 Å². The molecule has 0 aromatic heterocycles. The van der Waals surface area contributed by atoms with Gasteiger partial charge < -0.3 is 10.0 Å². The first-order valence-corrected chi connectivity index (χ1v) is 6.47. The van der Waals surface area contributed by atoms with E-state index in [1.165, 1.54) is 18.2 Å². The van der Waals surface area contributed by atoms with Crippen LogP contribution in [0.4, 0.5) is 4.39 Å². The Morgan fingerprint density at radius 3 is 3.00 bits per heavy atom. The van der Waals surface area contributed by atoms with Crippen LogP contribution in [0, 0.1) is 11.7 Å². The van der Waals surface area contributed by atoms with Crippen LogP contribution in [0.15, 0.2) is 30.3 Å². The van der Waals surface area contributed by atoms with E-state index in [1.807, 2.05) is 6.92 Å². The number of carbonyl (C=O) groups excluding carboxylic acids is 1. The summed E-state index contributed by atoms with van der Waals surface area (Å²) >= 11 is 0. The molecular weight excluding hydrogens is 245 g/mol. The van der Waals surface area contributed by atoms with Crippen molar-refractivity contribution in [2.24, 2.45) is 5.92 Å². The second kappa shape index (κ2) is 5.97. The number of benzene rings is 1. The first kappa shape index (κ1) is 13.7. The summed E-state index contributed by atoms with van der Waals surface area (Å²) in [5.74, 6) is -0.312. The molecule has 2 rings (SSSR count). The fourth-order valence-corrected chi connectivity index (χ4v) is 2.22. The second-order valence-electron chi connectivity index (χ2n) is 5.01. The lowest BCUT2D eigenvalue weighted by atomic mass is 9.97. The molecule has 1 aliphatic heterocycles. The second-order valence-corrected chi connectivity index (χ2v) is 5.01. The molecule has 1 fully saturated rings. The van der Waals surface area contributed by atoms with E-state index in [2.05, 4.69) is 0 Å². The fourth-order valence-electron chi connectivity index (χ4n) is 2.22. The van der Waals surface area contributed by atoms with Gasteiger partial charge in [-0.2, -0.15) is 0 Å². The molecule has 2 unspecified atom stereocenters. The third-order valence-corrected chi connectivity index (χ3v) is 3.44. The van der Waals surface area contributed by atoms with E-state index in [4.69, 9.17) is 0 Å². The summed E-state index contributed by atoms with van der Waals surface area (Å²) in [5, 5.41) is 9.62. The van der Waals surface area contributed by atoms with Gasteiger partial charge in [0, 0.05) is 19.2 Å². The zero-order chi connectivity index (χ0) is 13.8. The minimum absolute atomic E-state index is 0.0944. The molecule has 2 atom stereocenters. The predicted molar refractivity (Wildman–Crippen MR) is 71.8 cm³/mol. The summed E-state index contributed by atoms with van der Waals surface area (Å²) in [6, 6.07) is 6.10. The van der Waals surface area contributed by atoms with Crippen molar-refractivity contribution in [3.63, 3.8) is 0 Å². The number of aliphatic hydroxyl groups excluding tert-OH is 1. The van der Waals surface area contributed by atoms with Gasteiger partial charge in [0.25, 0.3) is 0 Å². The van der Waals surface area contributed by atoms with Crippen molar-refractivity contribution in [1.82, 2.24) is 4.90 Å². The van der Waals surface area contributed by atoms with Crippen LogP contribution < -0.4 is 0 Å². The highest BCUT2D eigenvalue weighted by atomic mass is 19.1. The third kappa shape index (κ3) is 3.64. The number of hydrogen-bond donors (Lipinski definition) is 1. The molecule has 0 spiro atoms. The molecule has 3 nitrogen and oxygen atoms in total. The number of likely N-dealkylation sites (tertiary alicyclic amines) is 1. The van der Waals surface area contributed by atoms with Crippen LogP contribution in [0.5, 0.6) is 0 Å². The zero-order valence-corrected chi connectivity index (χ0v) is 10.9. The number of piperidine rings is 1. The van der Waals surface area contributed by atoms with E-state index in [0.717, 1.165) is 0 Å². The Labute approximate surface area is 112 Å². The van der Waals surface area contributed by atoms with E-state index in [1.54, 1.807) is 23.1 Å². The number of rotatable bonds is 2. The van der Waals surface area contributed by atoms with E-state index >= 15 is 0 Å². The molecule has 0 radical (unpaired) electrons. The van der Waals surface area contributed by atoms with Crippen molar-refractivity contribution in [2.45, 2.75) is 19.4 Å². The van der Waals surface area contributed by atoms with E-state index < -0.39 is 0 Å². The largest absolute Gasteiger partial charge is 0.393 e. The highest BCUT2D eigenvalue weighted by Crippen LogP contribution is 2.17. The average Bonchev–Trinajstić information content (AvgIpc) is 2.39. The monoisotopic (exact) mass is 263 g/mol. The average molecular weight is 263 g/mol. The quantitative estimate of drug-likeness (QED) is 0.830. The Morgan fingerprint density at radius 1 is 1.53 bits per heavy atom. The highest BCUT2D eigenvalue weighted by Gasteiger charge is 2.25. The minimum atomic E-state index is -0.323. The smallest absolute Gasteiger partial charge is 0.246 e. The lowest BCUT2D eigenvalue weighted by molar-refractivity contribution is -0.129. The molecule has 1 saturated heterocycles. The summed E-state index contributed by atoms with van der Waals surface area (Å²) < 4.78 is 13.0. The van der Waals surface area contributed by atoms with Gasteiger partial charge in [0.1, 0.15) is 5.82 Å². The van der Waals surface area contributed by atoms with Crippen LogP contribution in [-0.2, 0) is 4.79 Å². The number of halogens is 1. The number of aliphatic hydroxyl groups is 1. The fraction of sp³-hybridized carbons (Fsp3) is 0.400. The van der Waals surface area contributed by atoms with Crippen molar-refractivity contribution in [3.05, 3.63) is 41.7 Å². The standard InChI is InChI=1S/C15H18FNO2/c1-11-10-17(8-7-14(11)18)15(19)6-5-12-3-2-4-13(16)9-12/h2-6,9,11,14,18H,7-8,10H2,1H3/b6-5+. The highest BCUT2D eigenvalue weighted by molar-refractivity contribution is 5.91. The Hall–Kier alpha value is -1.68. The van der Waals surface area contributed by atoms with Crippen LogP contribution in [0.2, 0.25) is 0 Å². The third-order valence-electron chi connectivity index (χ3n) is 3.44. The van der Waals surface area contributed by atoms with Crippen molar-refractivity contribution >= 4 is 12.0 Å². The molecule has 19 heavy (non-hydrogen) atoms. The normalized spacial score (nSPS) is 23.8. The van der Waals surface area contributed by atoms with Gasteiger partial charge in [0.05, 0.1) is 6.10 Å². The van der Waals surface area contributed by atoms with Crippen LogP contribution in [-0.4, -0.2) is 35.1 Å². The Kier molecular flexibility index (Phi) is 4.32. The SMILES string of the molecule is CC1CN(C(=O)/C=C/c2cccc(F)c2)CCC1O. The lowest BCUT2D eigenvalue weighted by Gasteiger charge is -2.33. The molecule has 0 bridgehead atoms. The van der Waals surface area contributed by atoms with Crippen LogP contribution in [0.3, 0.4) is 0 Å². The van der Waals surface area contributed by atoms with Gasteiger partial charge in [-0.25, -0.2) is 4.39 Å². The van der Waals surface area contributed by atoms with Gasteiger partial charge in [0.15, 0.2) is 0 Å². The van der Waals surface area contributed by atoms with E-state index in [0.29, 0.717) is 25.1 Å². The first-order chi connectivity index (χ1) is 9.06. The zero-order valence-electron chi connectivity index (χ0n) is 10.9. The summed E-state index contributed by atoms with van der Waals surface area (Å²) in [6.07, 6.45) is 3.36. The first-order valence-electron chi connectivity index (χ1n) is 6.47. The minimum Gasteiger partial charge on any atom is -0.393 e. The van der Waals surface area contributed by atoms with E-state index in [9.17, 15) is 14.3 Å². The van der Waals surface area contributed by atoms with Gasteiger partial charge >= 0.3 is 0 Å². The molecule has 0 saturated carbocycles. The number of nitrogens with zero attached hydrogens (tertiary/aromatic N) is 1. The molecule has 1 aromatic carbocycles. The van der Waals surface area contributed by atoms with Crippen molar-refractivity contribution in [1.29, 1.82) is 0 Å². The van der Waals surface area contributed by atoms with Gasteiger partial charge in [-0.1, -0.05) is 19.1 Å². The molecule has 1 aromatic rings. The van der Waals surface area contributed by atoms with Crippen LogP contribution in [0.25, 0.3) is 6.08 Å². The van der Waals surface area contributed by atoms with Gasteiger partial charge in [-0.3, -0.25) is 4.79 Å². The Balaban J connectivity index is 1.97. The van der Waals surface area contributed by atoms with Gasteiger partial charge in [-0.05, 0) is 36.1 Å². The predicted octanol–water partition coefficient (Wildman–Crippen LogP) is 2.07. The molecular formula is C15H18FNO2. The summed E-state index contributed by atoms with van der Waals surface area (Å²) in [7, 11) is 0. The maximum Gasteiger partial charge on any atom is 0.246 e. The number of hydrogen-bond acceptors (Lipinski definition) is 2. The van der Waals surface area contributed by atoms with E-state index in [-0.39, 0.29) is 23.7 Å². The van der Waals surface area contributed by atoms with Crippen molar-refractivity contribution in [3.8, 4) is 0 Å². The lowest BCUT2D eigenvalue weighted by Crippen LogP contribution is -2.44. The molecule has 1 heterocycles. The molecule has 0 aliphatic carbocycles. The Bertz CT molecular complexity index is 487. The van der Waals surface area contributed by atoms with Gasteiger partial charge in [-0.15, -0.1) is 0 Å².